The van der Waals surface area contributed by atoms with Gasteiger partial charge in [0.1, 0.15) is 17.1 Å². The zero-order chi connectivity index (χ0) is 21.5. The lowest BCUT2D eigenvalue weighted by Crippen LogP contribution is -2.32. The highest BCUT2D eigenvalue weighted by atomic mass is 19.4. The molecule has 154 valence electrons. The Bertz CT molecular complexity index is 1050. The molecule has 0 spiro atoms. The number of benzene rings is 1. The maximum absolute atomic E-state index is 13.2. The Hall–Kier alpha value is -3.23. The average Bonchev–Trinajstić information content (AvgIpc) is 2.58. The molecular weight excluding hydrogens is 391 g/mol. The van der Waals surface area contributed by atoms with Gasteiger partial charge in [0.25, 0.3) is 0 Å². The summed E-state index contributed by atoms with van der Waals surface area (Å²) in [6, 6.07) is 5.68. The van der Waals surface area contributed by atoms with Crippen LogP contribution >= 0.6 is 0 Å². The molecule has 1 aliphatic heterocycles. The van der Waals surface area contributed by atoms with Crippen LogP contribution in [0.3, 0.4) is 0 Å². The zero-order valence-electron chi connectivity index (χ0n) is 15.8. The SMILES string of the molecule is Cc1cc2c(c(=O)o1)[C@H](c1cccc(C(F)(F)F)c1)C(C(=O)OC(C)C)=C(N)O2. The molecule has 1 aliphatic rings. The molecule has 29 heavy (non-hydrogen) atoms. The van der Waals surface area contributed by atoms with Gasteiger partial charge in [0.2, 0.25) is 5.88 Å². The van der Waals surface area contributed by atoms with Gasteiger partial charge in [0.15, 0.2) is 0 Å². The zero-order valence-corrected chi connectivity index (χ0v) is 15.8. The molecule has 2 aromatic rings. The molecule has 0 aliphatic carbocycles. The number of esters is 1. The summed E-state index contributed by atoms with van der Waals surface area (Å²) in [4.78, 5) is 25.2. The topological polar surface area (TPSA) is 91.8 Å². The fourth-order valence-electron chi connectivity index (χ4n) is 3.12. The van der Waals surface area contributed by atoms with Crippen LogP contribution in [0.15, 0.2) is 51.0 Å². The van der Waals surface area contributed by atoms with Crippen molar-refractivity contribution in [2.45, 2.75) is 39.0 Å². The Morgan fingerprint density at radius 2 is 1.93 bits per heavy atom. The fourth-order valence-corrected chi connectivity index (χ4v) is 3.12. The van der Waals surface area contributed by atoms with Crippen molar-refractivity contribution in [1.29, 1.82) is 0 Å². The quantitative estimate of drug-likeness (QED) is 0.779. The third-order valence-electron chi connectivity index (χ3n) is 4.25. The fraction of sp³-hybridized carbons (Fsp3) is 0.300. The summed E-state index contributed by atoms with van der Waals surface area (Å²) < 4.78 is 55.4. The first-order chi connectivity index (χ1) is 13.5. The van der Waals surface area contributed by atoms with Crippen LogP contribution < -0.4 is 16.1 Å². The van der Waals surface area contributed by atoms with Gasteiger partial charge >= 0.3 is 17.8 Å². The monoisotopic (exact) mass is 409 g/mol. The Morgan fingerprint density at radius 1 is 1.24 bits per heavy atom. The van der Waals surface area contributed by atoms with E-state index in [0.717, 1.165) is 12.1 Å². The molecule has 0 unspecified atom stereocenters. The number of ether oxygens (including phenoxy) is 2. The predicted molar refractivity (Wildman–Crippen MR) is 96.1 cm³/mol. The van der Waals surface area contributed by atoms with Crippen LogP contribution in [0.5, 0.6) is 5.75 Å². The molecule has 2 N–H and O–H groups in total. The lowest BCUT2D eigenvalue weighted by molar-refractivity contribution is -0.143. The lowest BCUT2D eigenvalue weighted by atomic mass is 9.83. The summed E-state index contributed by atoms with van der Waals surface area (Å²) in [5.41, 5.74) is 3.79. The first kappa shape index (κ1) is 20.5. The second-order valence-corrected chi connectivity index (χ2v) is 6.81. The largest absolute Gasteiger partial charge is 0.459 e. The van der Waals surface area contributed by atoms with Crippen molar-refractivity contribution in [1.82, 2.24) is 0 Å². The second-order valence-electron chi connectivity index (χ2n) is 6.81. The molecule has 1 aromatic heterocycles. The van der Waals surface area contributed by atoms with E-state index < -0.39 is 35.4 Å². The number of halogens is 3. The van der Waals surface area contributed by atoms with Crippen molar-refractivity contribution >= 4 is 5.97 Å². The number of aryl methyl sites for hydroxylation is 1. The Morgan fingerprint density at radius 3 is 2.55 bits per heavy atom. The Labute approximate surface area is 163 Å². The molecule has 0 saturated heterocycles. The van der Waals surface area contributed by atoms with Gasteiger partial charge in [-0.15, -0.1) is 0 Å². The summed E-state index contributed by atoms with van der Waals surface area (Å²) in [7, 11) is 0. The molecule has 6 nitrogen and oxygen atoms in total. The van der Waals surface area contributed by atoms with Gasteiger partial charge in [-0.05, 0) is 32.4 Å². The van der Waals surface area contributed by atoms with Crippen LogP contribution in [-0.4, -0.2) is 12.1 Å². The third kappa shape index (κ3) is 3.98. The minimum atomic E-state index is -4.62. The highest BCUT2D eigenvalue weighted by Gasteiger charge is 2.40. The van der Waals surface area contributed by atoms with Crippen molar-refractivity contribution in [2.75, 3.05) is 0 Å². The van der Waals surface area contributed by atoms with Gasteiger partial charge in [0, 0.05) is 6.07 Å². The molecule has 0 fully saturated rings. The van der Waals surface area contributed by atoms with Gasteiger partial charge in [-0.1, -0.05) is 18.2 Å². The standard InChI is InChI=1S/C20H18F3NO5/c1-9(2)27-19(26)16-14(11-5-4-6-12(8-11)20(21,22)23)15-13(29-17(16)24)7-10(3)28-18(15)25/h4-9,14H,24H2,1-3H3/t14-/m0/s1. The average molecular weight is 409 g/mol. The van der Waals surface area contributed by atoms with Crippen LogP contribution in [0.25, 0.3) is 0 Å². The molecule has 0 bridgehead atoms. The number of carbonyl (C=O) groups is 1. The van der Waals surface area contributed by atoms with E-state index in [1.165, 1.54) is 25.1 Å². The van der Waals surface area contributed by atoms with Crippen molar-refractivity contribution < 1.29 is 31.9 Å². The molecule has 0 saturated carbocycles. The molecule has 1 atom stereocenters. The van der Waals surface area contributed by atoms with Gasteiger partial charge in [0.05, 0.1) is 23.1 Å². The molecule has 9 heteroatoms. The number of fused-ring (bicyclic) bond motifs is 1. The van der Waals surface area contributed by atoms with Gasteiger partial charge < -0.3 is 19.6 Å². The maximum Gasteiger partial charge on any atom is 0.416 e. The Balaban J connectivity index is 2.27. The first-order valence-corrected chi connectivity index (χ1v) is 8.69. The van der Waals surface area contributed by atoms with E-state index in [9.17, 15) is 22.8 Å². The van der Waals surface area contributed by atoms with E-state index in [4.69, 9.17) is 19.6 Å². The summed E-state index contributed by atoms with van der Waals surface area (Å²) in [6.07, 6.45) is -5.14. The number of alkyl halides is 3. The molecule has 1 aromatic carbocycles. The van der Waals surface area contributed by atoms with Crippen LogP contribution in [-0.2, 0) is 15.7 Å². The van der Waals surface area contributed by atoms with E-state index in [-0.39, 0.29) is 34.1 Å². The van der Waals surface area contributed by atoms with Crippen molar-refractivity contribution in [3.63, 3.8) is 0 Å². The minimum absolute atomic E-state index is 0.0137. The summed E-state index contributed by atoms with van der Waals surface area (Å²) in [6.45, 7) is 4.71. The first-order valence-electron chi connectivity index (χ1n) is 8.69. The third-order valence-corrected chi connectivity index (χ3v) is 4.25. The predicted octanol–water partition coefficient (Wildman–Crippen LogP) is 3.61. The van der Waals surface area contributed by atoms with Crippen LogP contribution in [0, 0.1) is 6.92 Å². The van der Waals surface area contributed by atoms with Crippen molar-refractivity contribution in [3.05, 3.63) is 74.7 Å². The number of rotatable bonds is 3. The maximum atomic E-state index is 13.2. The van der Waals surface area contributed by atoms with Gasteiger partial charge in [-0.2, -0.15) is 13.2 Å². The lowest BCUT2D eigenvalue weighted by Gasteiger charge is -2.28. The smallest absolute Gasteiger partial charge is 0.416 e. The van der Waals surface area contributed by atoms with E-state index in [1.54, 1.807) is 13.8 Å². The second kappa shape index (κ2) is 7.31. The van der Waals surface area contributed by atoms with Crippen molar-refractivity contribution in [3.8, 4) is 5.75 Å². The number of carbonyl (C=O) groups excluding carboxylic acids is 1. The Kier molecular flexibility index (Phi) is 5.16. The highest BCUT2D eigenvalue weighted by Crippen LogP contribution is 2.42. The minimum Gasteiger partial charge on any atom is -0.459 e. The van der Waals surface area contributed by atoms with Crippen molar-refractivity contribution in [2.24, 2.45) is 5.73 Å². The number of hydrogen-bond acceptors (Lipinski definition) is 6. The van der Waals surface area contributed by atoms with Gasteiger partial charge in [-0.25, -0.2) is 9.59 Å². The van der Waals surface area contributed by atoms with Gasteiger partial charge in [-0.3, -0.25) is 0 Å². The molecule has 0 radical (unpaired) electrons. The summed E-state index contributed by atoms with van der Waals surface area (Å²) in [5, 5.41) is 0. The van der Waals surface area contributed by atoms with E-state index in [2.05, 4.69) is 0 Å². The van der Waals surface area contributed by atoms with E-state index in [1.807, 2.05) is 0 Å². The van der Waals surface area contributed by atoms with Crippen LogP contribution in [0.4, 0.5) is 13.2 Å². The summed E-state index contributed by atoms with van der Waals surface area (Å²) >= 11 is 0. The van der Waals surface area contributed by atoms with E-state index >= 15 is 0 Å². The normalized spacial score (nSPS) is 16.4. The van der Waals surface area contributed by atoms with Crippen LogP contribution in [0.1, 0.15) is 42.2 Å². The number of nitrogens with two attached hydrogens (primary N) is 1. The molecule has 0 amide bonds. The molecule has 2 heterocycles. The molecule has 3 rings (SSSR count). The summed E-state index contributed by atoms with van der Waals surface area (Å²) in [5.74, 6) is -2.26. The molecular formula is C20H18F3NO5. The number of hydrogen-bond donors (Lipinski definition) is 1. The van der Waals surface area contributed by atoms with E-state index in [0.29, 0.717) is 0 Å². The highest BCUT2D eigenvalue weighted by molar-refractivity contribution is 5.92. The van der Waals surface area contributed by atoms with Crippen LogP contribution in [0.2, 0.25) is 0 Å².